The number of aliphatic hydroxyl groups excluding tert-OH is 1. The molecule has 0 saturated carbocycles. The lowest BCUT2D eigenvalue weighted by molar-refractivity contribution is 0.281. The van der Waals surface area contributed by atoms with Crippen molar-refractivity contribution in [2.75, 3.05) is 0 Å². The summed E-state index contributed by atoms with van der Waals surface area (Å²) >= 11 is 1.62. The Morgan fingerprint density at radius 3 is 2.93 bits per heavy atom. The highest BCUT2D eigenvalue weighted by atomic mass is 32.1. The number of nitrogens with zero attached hydrogens (tertiary/aromatic N) is 2. The third-order valence-electron chi connectivity index (χ3n) is 2.00. The van der Waals surface area contributed by atoms with Crippen LogP contribution in [0.25, 0.3) is 10.3 Å². The van der Waals surface area contributed by atoms with E-state index >= 15 is 0 Å². The average Bonchev–Trinajstić information content (AvgIpc) is 2.59. The van der Waals surface area contributed by atoms with Crippen LogP contribution < -0.4 is 0 Å². The Hall–Kier alpha value is -1.00. The predicted octanol–water partition coefficient (Wildman–Crippen LogP) is 2.31. The molecule has 0 bridgehead atoms. The van der Waals surface area contributed by atoms with Gasteiger partial charge in [-0.25, -0.2) is 9.97 Å². The van der Waals surface area contributed by atoms with Gasteiger partial charge in [0.05, 0.1) is 11.6 Å². The highest BCUT2D eigenvalue weighted by Crippen LogP contribution is 2.25. The fraction of sp³-hybridized carbons (Fsp3) is 0.400. The Labute approximate surface area is 86.4 Å². The first-order chi connectivity index (χ1) is 6.70. The van der Waals surface area contributed by atoms with Gasteiger partial charge in [0.15, 0.2) is 0 Å². The van der Waals surface area contributed by atoms with Gasteiger partial charge in [-0.15, -0.1) is 0 Å². The van der Waals surface area contributed by atoms with Gasteiger partial charge in [-0.05, 0) is 11.6 Å². The molecule has 0 radical (unpaired) electrons. The molecule has 74 valence electrons. The van der Waals surface area contributed by atoms with Crippen LogP contribution in [0.3, 0.4) is 0 Å². The van der Waals surface area contributed by atoms with Crippen LogP contribution in [-0.4, -0.2) is 15.1 Å². The molecule has 0 unspecified atom stereocenters. The van der Waals surface area contributed by atoms with Crippen LogP contribution in [0.15, 0.2) is 12.3 Å². The molecule has 0 saturated heterocycles. The van der Waals surface area contributed by atoms with Crippen LogP contribution in [0.4, 0.5) is 0 Å². The minimum atomic E-state index is 0.0253. The highest BCUT2D eigenvalue weighted by Gasteiger charge is 2.08. The molecule has 0 spiro atoms. The summed E-state index contributed by atoms with van der Waals surface area (Å²) in [5.41, 5.74) is 1.71. The molecule has 1 N–H and O–H groups in total. The molecule has 2 rings (SSSR count). The van der Waals surface area contributed by atoms with Crippen molar-refractivity contribution in [3.63, 3.8) is 0 Å². The van der Waals surface area contributed by atoms with E-state index in [-0.39, 0.29) is 6.61 Å². The molecule has 0 aromatic carbocycles. The first-order valence-corrected chi connectivity index (χ1v) is 5.38. The molecular weight excluding hydrogens is 196 g/mol. The van der Waals surface area contributed by atoms with E-state index in [0.717, 1.165) is 20.9 Å². The number of hydrogen-bond acceptors (Lipinski definition) is 4. The lowest BCUT2D eigenvalue weighted by Gasteiger charge is -1.94. The van der Waals surface area contributed by atoms with Gasteiger partial charge in [0.25, 0.3) is 0 Å². The fourth-order valence-electron chi connectivity index (χ4n) is 1.22. The lowest BCUT2D eigenvalue weighted by Crippen LogP contribution is -1.85. The number of aromatic nitrogens is 2. The summed E-state index contributed by atoms with van der Waals surface area (Å²) < 4.78 is 0. The standard InChI is InChI=1S/C10H12N2OS/c1-6(2)9-12-8-3-7(5-13)4-11-10(8)14-9/h3-4,6,13H,5H2,1-2H3. The van der Waals surface area contributed by atoms with Crippen molar-refractivity contribution < 1.29 is 5.11 Å². The van der Waals surface area contributed by atoms with Gasteiger partial charge in [0.1, 0.15) is 10.3 Å². The first kappa shape index (κ1) is 9.55. The summed E-state index contributed by atoms with van der Waals surface area (Å²) in [6.45, 7) is 4.26. The van der Waals surface area contributed by atoms with E-state index in [1.807, 2.05) is 6.07 Å². The normalized spacial score (nSPS) is 11.4. The summed E-state index contributed by atoms with van der Waals surface area (Å²) in [4.78, 5) is 9.67. The Bertz CT molecular complexity index is 450. The first-order valence-electron chi connectivity index (χ1n) is 4.57. The van der Waals surface area contributed by atoms with E-state index in [4.69, 9.17) is 5.11 Å². The number of hydrogen-bond donors (Lipinski definition) is 1. The maximum absolute atomic E-state index is 8.95. The second kappa shape index (κ2) is 3.63. The van der Waals surface area contributed by atoms with Crippen molar-refractivity contribution in [3.8, 4) is 0 Å². The minimum Gasteiger partial charge on any atom is -0.392 e. The molecule has 2 heterocycles. The Balaban J connectivity index is 2.54. The lowest BCUT2D eigenvalue weighted by atomic mass is 10.2. The quantitative estimate of drug-likeness (QED) is 0.823. The number of pyridine rings is 1. The molecule has 0 fully saturated rings. The summed E-state index contributed by atoms with van der Waals surface area (Å²) in [7, 11) is 0. The zero-order chi connectivity index (χ0) is 10.1. The maximum atomic E-state index is 8.95. The molecule has 2 aromatic heterocycles. The largest absolute Gasteiger partial charge is 0.392 e. The molecular formula is C10H12N2OS. The van der Waals surface area contributed by atoms with Crippen LogP contribution in [-0.2, 0) is 6.61 Å². The van der Waals surface area contributed by atoms with Gasteiger partial charge in [0.2, 0.25) is 0 Å². The monoisotopic (exact) mass is 208 g/mol. The second-order valence-corrected chi connectivity index (χ2v) is 4.54. The summed E-state index contributed by atoms with van der Waals surface area (Å²) in [6.07, 6.45) is 1.70. The molecule has 4 heteroatoms. The van der Waals surface area contributed by atoms with Crippen molar-refractivity contribution in [1.82, 2.24) is 9.97 Å². The van der Waals surface area contributed by atoms with Crippen LogP contribution in [0.2, 0.25) is 0 Å². The van der Waals surface area contributed by atoms with E-state index in [2.05, 4.69) is 23.8 Å². The number of thiazole rings is 1. The third kappa shape index (κ3) is 1.63. The Morgan fingerprint density at radius 1 is 1.50 bits per heavy atom. The Morgan fingerprint density at radius 2 is 2.29 bits per heavy atom. The van der Waals surface area contributed by atoms with Crippen molar-refractivity contribution in [1.29, 1.82) is 0 Å². The molecule has 14 heavy (non-hydrogen) atoms. The smallest absolute Gasteiger partial charge is 0.143 e. The number of fused-ring (bicyclic) bond motifs is 1. The zero-order valence-corrected chi connectivity index (χ0v) is 9.01. The van der Waals surface area contributed by atoms with Gasteiger partial charge in [-0.1, -0.05) is 25.2 Å². The van der Waals surface area contributed by atoms with E-state index in [1.54, 1.807) is 17.5 Å². The van der Waals surface area contributed by atoms with Gasteiger partial charge in [-0.2, -0.15) is 0 Å². The molecule has 0 aliphatic heterocycles. The fourth-order valence-corrected chi connectivity index (χ4v) is 2.11. The molecule has 0 aliphatic rings. The zero-order valence-electron chi connectivity index (χ0n) is 8.19. The average molecular weight is 208 g/mol. The molecule has 2 aromatic rings. The molecule has 0 aliphatic carbocycles. The summed E-state index contributed by atoms with van der Waals surface area (Å²) in [5.74, 6) is 0.437. The van der Waals surface area contributed by atoms with Crippen molar-refractivity contribution in [3.05, 3.63) is 22.8 Å². The van der Waals surface area contributed by atoms with Gasteiger partial charge < -0.3 is 5.11 Å². The predicted molar refractivity (Wildman–Crippen MR) is 57.4 cm³/mol. The SMILES string of the molecule is CC(C)c1nc2cc(CO)cnc2s1. The van der Waals surface area contributed by atoms with Crippen LogP contribution in [0.5, 0.6) is 0 Å². The van der Waals surface area contributed by atoms with Crippen molar-refractivity contribution >= 4 is 21.7 Å². The van der Waals surface area contributed by atoms with Crippen LogP contribution in [0, 0.1) is 0 Å². The number of aliphatic hydroxyl groups is 1. The van der Waals surface area contributed by atoms with E-state index in [9.17, 15) is 0 Å². The molecule has 3 nitrogen and oxygen atoms in total. The van der Waals surface area contributed by atoms with Crippen LogP contribution in [0.1, 0.15) is 30.3 Å². The van der Waals surface area contributed by atoms with Gasteiger partial charge in [-0.3, -0.25) is 0 Å². The van der Waals surface area contributed by atoms with Gasteiger partial charge in [0, 0.05) is 12.1 Å². The topological polar surface area (TPSA) is 46.0 Å². The molecule has 0 atom stereocenters. The summed E-state index contributed by atoms with van der Waals surface area (Å²) in [5, 5.41) is 10.0. The van der Waals surface area contributed by atoms with Crippen LogP contribution >= 0.6 is 11.3 Å². The summed E-state index contributed by atoms with van der Waals surface area (Å²) in [6, 6.07) is 1.89. The number of rotatable bonds is 2. The third-order valence-corrected chi connectivity index (χ3v) is 3.28. The van der Waals surface area contributed by atoms with Crippen molar-refractivity contribution in [2.45, 2.75) is 26.4 Å². The van der Waals surface area contributed by atoms with Crippen molar-refractivity contribution in [2.24, 2.45) is 0 Å². The van der Waals surface area contributed by atoms with Gasteiger partial charge >= 0.3 is 0 Å². The van der Waals surface area contributed by atoms with E-state index in [0.29, 0.717) is 5.92 Å². The van der Waals surface area contributed by atoms with E-state index in [1.165, 1.54) is 0 Å². The molecule has 0 amide bonds. The maximum Gasteiger partial charge on any atom is 0.143 e. The second-order valence-electron chi connectivity index (χ2n) is 3.53. The van der Waals surface area contributed by atoms with E-state index < -0.39 is 0 Å². The Kier molecular flexibility index (Phi) is 2.48. The minimum absolute atomic E-state index is 0.0253. The highest BCUT2D eigenvalue weighted by molar-refractivity contribution is 7.18.